The standard InChI is InChI=1S/C25H19F2NO4/c1-14-13-15(7-12-20(14)32-2)23(29)21-22(18-5-3-4-6-19(18)27)28(25(31)24(21)30)17-10-8-16(26)9-11-17/h3-13,22,29H,1-2H3/b23-21+. The van der Waals surface area contributed by atoms with Gasteiger partial charge < -0.3 is 9.84 Å². The van der Waals surface area contributed by atoms with Crippen molar-refractivity contribution in [2.75, 3.05) is 12.0 Å². The van der Waals surface area contributed by atoms with E-state index in [-0.39, 0.29) is 22.4 Å². The van der Waals surface area contributed by atoms with E-state index in [1.54, 1.807) is 31.2 Å². The maximum atomic E-state index is 14.8. The van der Waals surface area contributed by atoms with Gasteiger partial charge in [-0.3, -0.25) is 14.5 Å². The zero-order valence-electron chi connectivity index (χ0n) is 17.3. The van der Waals surface area contributed by atoms with E-state index < -0.39 is 35.1 Å². The molecule has 1 aliphatic heterocycles. The summed E-state index contributed by atoms with van der Waals surface area (Å²) < 4.78 is 33.5. The molecule has 5 nitrogen and oxygen atoms in total. The van der Waals surface area contributed by atoms with E-state index in [2.05, 4.69) is 0 Å². The number of carbonyl (C=O) groups is 2. The molecular weight excluding hydrogens is 416 g/mol. The molecule has 162 valence electrons. The second kappa shape index (κ2) is 8.26. The number of amides is 1. The smallest absolute Gasteiger partial charge is 0.300 e. The van der Waals surface area contributed by atoms with E-state index in [0.717, 1.165) is 17.0 Å². The number of aliphatic hydroxyl groups is 1. The SMILES string of the molecule is COc1ccc(/C(O)=C2\C(=O)C(=O)N(c3ccc(F)cc3)C2c2ccccc2F)cc1C. The first-order valence-electron chi connectivity index (χ1n) is 9.79. The van der Waals surface area contributed by atoms with Crippen LogP contribution >= 0.6 is 0 Å². The Morgan fingerprint density at radius 3 is 2.31 bits per heavy atom. The Labute approximate surface area is 183 Å². The largest absolute Gasteiger partial charge is 0.507 e. The Kier molecular flexibility index (Phi) is 5.48. The van der Waals surface area contributed by atoms with E-state index in [1.807, 2.05) is 0 Å². The van der Waals surface area contributed by atoms with Gasteiger partial charge in [0.15, 0.2) is 0 Å². The summed E-state index contributed by atoms with van der Waals surface area (Å²) in [5.74, 6) is -2.94. The first kappa shape index (κ1) is 21.2. The second-order valence-corrected chi connectivity index (χ2v) is 7.35. The summed E-state index contributed by atoms with van der Waals surface area (Å²) in [5.41, 5.74) is 0.956. The number of nitrogens with zero attached hydrogens (tertiary/aromatic N) is 1. The summed E-state index contributed by atoms with van der Waals surface area (Å²) in [5, 5.41) is 11.1. The highest BCUT2D eigenvalue weighted by molar-refractivity contribution is 6.51. The second-order valence-electron chi connectivity index (χ2n) is 7.35. The van der Waals surface area contributed by atoms with Gasteiger partial charge in [0.2, 0.25) is 0 Å². The Balaban J connectivity index is 1.96. The van der Waals surface area contributed by atoms with Crippen LogP contribution in [0.5, 0.6) is 5.75 Å². The van der Waals surface area contributed by atoms with Gasteiger partial charge >= 0.3 is 0 Å². The fourth-order valence-corrected chi connectivity index (χ4v) is 3.87. The minimum absolute atomic E-state index is 0.0304. The van der Waals surface area contributed by atoms with Crippen molar-refractivity contribution in [1.82, 2.24) is 0 Å². The quantitative estimate of drug-likeness (QED) is 0.359. The number of anilines is 1. The molecule has 0 bridgehead atoms. The van der Waals surface area contributed by atoms with Gasteiger partial charge in [0.1, 0.15) is 23.1 Å². The number of benzene rings is 3. The van der Waals surface area contributed by atoms with Crippen LogP contribution in [0, 0.1) is 18.6 Å². The molecule has 1 atom stereocenters. The van der Waals surface area contributed by atoms with E-state index in [1.165, 1.54) is 37.4 Å². The van der Waals surface area contributed by atoms with Gasteiger partial charge in [-0.15, -0.1) is 0 Å². The van der Waals surface area contributed by atoms with Crippen LogP contribution in [0.25, 0.3) is 5.76 Å². The van der Waals surface area contributed by atoms with Crippen molar-refractivity contribution in [3.05, 3.63) is 101 Å². The molecule has 7 heteroatoms. The fraction of sp³-hybridized carbons (Fsp3) is 0.120. The van der Waals surface area contributed by atoms with Crippen LogP contribution in [0.4, 0.5) is 14.5 Å². The number of hydrogen-bond acceptors (Lipinski definition) is 4. The maximum absolute atomic E-state index is 14.8. The first-order valence-corrected chi connectivity index (χ1v) is 9.79. The van der Waals surface area contributed by atoms with Crippen LogP contribution in [0.3, 0.4) is 0 Å². The monoisotopic (exact) mass is 435 g/mol. The zero-order chi connectivity index (χ0) is 23.0. The lowest BCUT2D eigenvalue weighted by atomic mass is 9.94. The lowest BCUT2D eigenvalue weighted by Crippen LogP contribution is -2.29. The molecule has 3 aromatic carbocycles. The topological polar surface area (TPSA) is 66.8 Å². The van der Waals surface area contributed by atoms with Gasteiger partial charge in [-0.1, -0.05) is 18.2 Å². The average Bonchev–Trinajstić information content (AvgIpc) is 3.04. The molecule has 1 heterocycles. The number of ether oxygens (including phenoxy) is 1. The van der Waals surface area contributed by atoms with Crippen LogP contribution in [0.15, 0.2) is 72.3 Å². The van der Waals surface area contributed by atoms with Crippen molar-refractivity contribution in [2.45, 2.75) is 13.0 Å². The van der Waals surface area contributed by atoms with Crippen molar-refractivity contribution in [3.63, 3.8) is 0 Å². The Bertz CT molecular complexity index is 1250. The number of halogens is 2. The Morgan fingerprint density at radius 1 is 1.00 bits per heavy atom. The first-order chi connectivity index (χ1) is 15.3. The van der Waals surface area contributed by atoms with Gasteiger partial charge in [-0.05, 0) is 61.0 Å². The normalized spacial score (nSPS) is 17.6. The molecule has 4 rings (SSSR count). The summed E-state index contributed by atoms with van der Waals surface area (Å²) >= 11 is 0. The van der Waals surface area contributed by atoms with Crippen molar-refractivity contribution in [3.8, 4) is 5.75 Å². The number of aryl methyl sites for hydroxylation is 1. The summed E-state index contributed by atoms with van der Waals surface area (Å²) in [4.78, 5) is 27.1. The molecule has 1 fully saturated rings. The molecular formula is C25H19F2NO4. The van der Waals surface area contributed by atoms with Crippen LogP contribution < -0.4 is 9.64 Å². The van der Waals surface area contributed by atoms with E-state index in [4.69, 9.17) is 4.74 Å². The average molecular weight is 435 g/mol. The highest BCUT2D eigenvalue weighted by atomic mass is 19.1. The molecule has 1 aliphatic rings. The van der Waals surface area contributed by atoms with Crippen LogP contribution in [-0.4, -0.2) is 23.9 Å². The maximum Gasteiger partial charge on any atom is 0.300 e. The predicted octanol–water partition coefficient (Wildman–Crippen LogP) is 4.91. The molecule has 0 radical (unpaired) electrons. The van der Waals surface area contributed by atoms with Crippen molar-refractivity contribution >= 4 is 23.1 Å². The highest BCUT2D eigenvalue weighted by Gasteiger charge is 2.47. The van der Waals surface area contributed by atoms with Gasteiger partial charge in [0.05, 0.1) is 18.7 Å². The van der Waals surface area contributed by atoms with Crippen molar-refractivity contribution in [1.29, 1.82) is 0 Å². The number of hydrogen-bond donors (Lipinski definition) is 1. The van der Waals surface area contributed by atoms with E-state index in [9.17, 15) is 23.5 Å². The number of carbonyl (C=O) groups excluding carboxylic acids is 2. The minimum atomic E-state index is -1.23. The van der Waals surface area contributed by atoms with Crippen molar-refractivity contribution < 1.29 is 28.2 Å². The lowest BCUT2D eigenvalue weighted by Gasteiger charge is -2.25. The summed E-state index contributed by atoms with van der Waals surface area (Å²) in [6, 6.07) is 14.2. The molecule has 1 saturated heterocycles. The summed E-state index contributed by atoms with van der Waals surface area (Å²) in [6.07, 6.45) is 0. The number of methoxy groups -OCH3 is 1. The molecule has 1 N–H and O–H groups in total. The van der Waals surface area contributed by atoms with Crippen LogP contribution in [0.2, 0.25) is 0 Å². The molecule has 32 heavy (non-hydrogen) atoms. The molecule has 1 amide bonds. The molecule has 0 saturated carbocycles. The zero-order valence-corrected chi connectivity index (χ0v) is 17.3. The Morgan fingerprint density at radius 2 is 1.69 bits per heavy atom. The Hall–Kier alpha value is -4.00. The third-order valence-corrected chi connectivity index (χ3v) is 5.42. The number of rotatable bonds is 4. The number of ketones is 1. The highest BCUT2D eigenvalue weighted by Crippen LogP contribution is 2.43. The predicted molar refractivity (Wildman–Crippen MR) is 115 cm³/mol. The van der Waals surface area contributed by atoms with Crippen molar-refractivity contribution in [2.24, 2.45) is 0 Å². The van der Waals surface area contributed by atoms with Gasteiger partial charge in [0.25, 0.3) is 11.7 Å². The summed E-state index contributed by atoms with van der Waals surface area (Å²) in [6.45, 7) is 1.76. The van der Waals surface area contributed by atoms with Gasteiger partial charge in [-0.25, -0.2) is 8.78 Å². The number of aliphatic hydroxyl groups excluding tert-OH is 1. The van der Waals surface area contributed by atoms with E-state index >= 15 is 0 Å². The van der Waals surface area contributed by atoms with E-state index in [0.29, 0.717) is 11.3 Å². The van der Waals surface area contributed by atoms with Crippen LogP contribution in [0.1, 0.15) is 22.7 Å². The van der Waals surface area contributed by atoms with Gasteiger partial charge in [0, 0.05) is 16.8 Å². The molecule has 0 aromatic heterocycles. The third-order valence-electron chi connectivity index (χ3n) is 5.42. The molecule has 1 unspecified atom stereocenters. The van der Waals surface area contributed by atoms with Crippen LogP contribution in [-0.2, 0) is 9.59 Å². The third kappa shape index (κ3) is 3.51. The molecule has 0 spiro atoms. The number of Topliss-reactive ketones (excluding diaryl/α,β-unsaturated/α-hetero) is 1. The lowest BCUT2D eigenvalue weighted by molar-refractivity contribution is -0.132. The molecule has 3 aromatic rings. The van der Waals surface area contributed by atoms with Gasteiger partial charge in [-0.2, -0.15) is 0 Å². The molecule has 0 aliphatic carbocycles. The minimum Gasteiger partial charge on any atom is -0.507 e. The fourth-order valence-electron chi connectivity index (χ4n) is 3.87. The summed E-state index contributed by atoms with van der Waals surface area (Å²) in [7, 11) is 1.51.